The van der Waals surface area contributed by atoms with Crippen molar-refractivity contribution in [1.29, 1.82) is 0 Å². The molecule has 1 heterocycles. The fraction of sp³-hybridized carbons (Fsp3) is 0.312. The average Bonchev–Trinajstić information content (AvgIpc) is 2.65. The van der Waals surface area contributed by atoms with E-state index in [1.165, 1.54) is 11.1 Å². The van der Waals surface area contributed by atoms with E-state index < -0.39 is 4.32 Å². The summed E-state index contributed by atoms with van der Waals surface area (Å²) >= 11 is 3.74. The third-order valence-corrected chi connectivity index (χ3v) is 5.25. The minimum atomic E-state index is -0.518. The number of carbonyl (C=O) groups excluding carboxylic acids is 1. The van der Waals surface area contributed by atoms with Crippen molar-refractivity contribution in [3.8, 4) is 0 Å². The molecule has 2 atom stereocenters. The Morgan fingerprint density at radius 1 is 1.42 bits per heavy atom. The summed E-state index contributed by atoms with van der Waals surface area (Å²) in [6.07, 6.45) is 7.77. The summed E-state index contributed by atoms with van der Waals surface area (Å²) in [5.41, 5.74) is 3.50. The van der Waals surface area contributed by atoms with Crippen LogP contribution in [0.2, 0.25) is 0 Å². The molecule has 98 valence electrons. The average molecular weight is 318 g/mol. The Bertz CT molecular complexity index is 590. The van der Waals surface area contributed by atoms with E-state index in [-0.39, 0.29) is 11.8 Å². The van der Waals surface area contributed by atoms with E-state index in [9.17, 15) is 4.79 Å². The number of carbonyl (C=O) groups is 1. The van der Waals surface area contributed by atoms with Crippen molar-refractivity contribution in [2.75, 3.05) is 0 Å². The van der Waals surface area contributed by atoms with Crippen LogP contribution in [0.15, 0.2) is 48.2 Å². The Morgan fingerprint density at radius 3 is 3.00 bits per heavy atom. The standard InChI is InChI=1S/C16H16BrNO/c1-11-6-2-3-7-12(11)10-16(17)13-8-4-5-9-14(13)18-15(16)19/h2-7,9,13H,8,10H2,1H3,(H,18,19). The number of halogens is 1. The van der Waals surface area contributed by atoms with Crippen LogP contribution in [0, 0.1) is 12.8 Å². The Morgan fingerprint density at radius 2 is 2.21 bits per heavy atom. The van der Waals surface area contributed by atoms with Crippen molar-refractivity contribution < 1.29 is 4.79 Å². The van der Waals surface area contributed by atoms with Crippen molar-refractivity contribution in [3.05, 3.63) is 59.3 Å². The molecular weight excluding hydrogens is 302 g/mol. The summed E-state index contributed by atoms with van der Waals surface area (Å²) in [6.45, 7) is 2.09. The van der Waals surface area contributed by atoms with Crippen LogP contribution < -0.4 is 5.32 Å². The second-order valence-corrected chi connectivity index (χ2v) is 6.67. The van der Waals surface area contributed by atoms with Gasteiger partial charge >= 0.3 is 0 Å². The van der Waals surface area contributed by atoms with Crippen LogP contribution >= 0.6 is 15.9 Å². The highest BCUT2D eigenvalue weighted by molar-refractivity contribution is 9.10. The van der Waals surface area contributed by atoms with Crippen LogP contribution in [0.1, 0.15) is 17.5 Å². The molecule has 19 heavy (non-hydrogen) atoms. The van der Waals surface area contributed by atoms with Crippen molar-refractivity contribution >= 4 is 21.8 Å². The van der Waals surface area contributed by atoms with E-state index in [1.807, 2.05) is 24.3 Å². The highest BCUT2D eigenvalue weighted by Gasteiger charge is 2.50. The summed E-state index contributed by atoms with van der Waals surface area (Å²) in [4.78, 5) is 12.4. The number of benzene rings is 1. The Hall–Kier alpha value is -1.35. The zero-order valence-corrected chi connectivity index (χ0v) is 12.4. The maximum Gasteiger partial charge on any atom is 0.242 e. The Labute approximate surface area is 121 Å². The highest BCUT2D eigenvalue weighted by Crippen LogP contribution is 2.44. The molecule has 0 radical (unpaired) electrons. The summed E-state index contributed by atoms with van der Waals surface area (Å²) in [5.74, 6) is 0.292. The lowest BCUT2D eigenvalue weighted by molar-refractivity contribution is -0.121. The molecule has 1 aliphatic carbocycles. The van der Waals surface area contributed by atoms with E-state index >= 15 is 0 Å². The minimum Gasteiger partial charge on any atom is -0.328 e. The number of hydrogen-bond acceptors (Lipinski definition) is 1. The van der Waals surface area contributed by atoms with Gasteiger partial charge in [0.25, 0.3) is 0 Å². The lowest BCUT2D eigenvalue weighted by Crippen LogP contribution is -2.38. The first-order chi connectivity index (χ1) is 9.11. The smallest absolute Gasteiger partial charge is 0.242 e. The fourth-order valence-corrected chi connectivity index (χ4v) is 3.71. The molecular formula is C16H16BrNO. The molecule has 0 spiro atoms. The molecule has 1 N–H and O–H groups in total. The zero-order valence-electron chi connectivity index (χ0n) is 10.8. The number of allylic oxidation sites excluding steroid dienone is 4. The first-order valence-electron chi connectivity index (χ1n) is 6.53. The maximum absolute atomic E-state index is 12.4. The van der Waals surface area contributed by atoms with Crippen LogP contribution in [0.5, 0.6) is 0 Å². The van der Waals surface area contributed by atoms with Crippen LogP contribution in [-0.2, 0) is 11.2 Å². The van der Waals surface area contributed by atoms with Gasteiger partial charge in [-0.15, -0.1) is 0 Å². The van der Waals surface area contributed by atoms with Gasteiger partial charge in [0.1, 0.15) is 4.32 Å². The zero-order chi connectivity index (χ0) is 13.5. The number of amides is 1. The Balaban J connectivity index is 1.95. The van der Waals surface area contributed by atoms with Gasteiger partial charge in [0.05, 0.1) is 0 Å². The third-order valence-electron chi connectivity index (χ3n) is 4.06. The molecule has 3 heteroatoms. The van der Waals surface area contributed by atoms with Crippen molar-refractivity contribution in [2.24, 2.45) is 5.92 Å². The number of fused-ring (bicyclic) bond motifs is 1. The lowest BCUT2D eigenvalue weighted by atomic mass is 9.83. The van der Waals surface area contributed by atoms with Crippen LogP contribution in [0.4, 0.5) is 0 Å². The third kappa shape index (κ3) is 2.06. The molecule has 1 fully saturated rings. The normalized spacial score (nSPS) is 28.8. The molecule has 1 aromatic carbocycles. The van der Waals surface area contributed by atoms with Gasteiger partial charge in [0, 0.05) is 11.6 Å². The molecule has 0 saturated carbocycles. The number of nitrogens with one attached hydrogen (secondary N) is 1. The topological polar surface area (TPSA) is 29.1 Å². The van der Waals surface area contributed by atoms with Gasteiger partial charge in [-0.25, -0.2) is 0 Å². The van der Waals surface area contributed by atoms with Gasteiger partial charge in [0.2, 0.25) is 5.91 Å². The second-order valence-electron chi connectivity index (χ2n) is 5.26. The van der Waals surface area contributed by atoms with Crippen molar-refractivity contribution in [3.63, 3.8) is 0 Å². The molecule has 1 aliphatic heterocycles. The quantitative estimate of drug-likeness (QED) is 0.833. The van der Waals surface area contributed by atoms with E-state index in [1.54, 1.807) is 0 Å². The molecule has 2 nitrogen and oxygen atoms in total. The monoisotopic (exact) mass is 317 g/mol. The molecule has 1 aromatic rings. The molecule has 2 aliphatic rings. The molecule has 0 bridgehead atoms. The molecule has 1 saturated heterocycles. The van der Waals surface area contributed by atoms with Gasteiger partial charge in [-0.05, 0) is 37.0 Å². The molecule has 3 rings (SSSR count). The number of alkyl halides is 1. The van der Waals surface area contributed by atoms with Gasteiger partial charge < -0.3 is 5.32 Å². The summed E-state index contributed by atoms with van der Waals surface area (Å²) < 4.78 is -0.518. The summed E-state index contributed by atoms with van der Waals surface area (Å²) in [7, 11) is 0. The second kappa shape index (κ2) is 4.64. The van der Waals surface area contributed by atoms with Gasteiger partial charge in [-0.2, -0.15) is 0 Å². The predicted molar refractivity (Wildman–Crippen MR) is 80.0 cm³/mol. The van der Waals surface area contributed by atoms with Gasteiger partial charge in [0.15, 0.2) is 0 Å². The van der Waals surface area contributed by atoms with Crippen molar-refractivity contribution in [1.82, 2.24) is 5.32 Å². The number of rotatable bonds is 2. The predicted octanol–water partition coefficient (Wildman–Crippen LogP) is 3.26. The van der Waals surface area contributed by atoms with Crippen LogP contribution in [0.3, 0.4) is 0 Å². The largest absolute Gasteiger partial charge is 0.328 e. The Kier molecular flexibility index (Phi) is 3.09. The highest BCUT2D eigenvalue weighted by atomic mass is 79.9. The fourth-order valence-electron chi connectivity index (χ4n) is 2.87. The van der Waals surface area contributed by atoms with E-state index in [0.717, 1.165) is 18.5 Å². The molecule has 0 aromatic heterocycles. The van der Waals surface area contributed by atoms with E-state index in [0.29, 0.717) is 0 Å². The molecule has 1 amide bonds. The van der Waals surface area contributed by atoms with Gasteiger partial charge in [-0.1, -0.05) is 52.3 Å². The first-order valence-corrected chi connectivity index (χ1v) is 7.32. The summed E-state index contributed by atoms with van der Waals surface area (Å²) in [5, 5.41) is 3.01. The first kappa shape index (κ1) is 12.7. The molecule has 2 unspecified atom stereocenters. The lowest BCUT2D eigenvalue weighted by Gasteiger charge is -2.27. The van der Waals surface area contributed by atoms with Crippen LogP contribution in [0.25, 0.3) is 0 Å². The van der Waals surface area contributed by atoms with Crippen LogP contribution in [-0.4, -0.2) is 10.2 Å². The van der Waals surface area contributed by atoms with E-state index in [4.69, 9.17) is 0 Å². The number of hydrogen-bond donors (Lipinski definition) is 1. The minimum absolute atomic E-state index is 0.0794. The van der Waals surface area contributed by atoms with Crippen molar-refractivity contribution in [2.45, 2.75) is 24.1 Å². The number of aryl methyl sites for hydroxylation is 1. The van der Waals surface area contributed by atoms with Gasteiger partial charge in [-0.3, -0.25) is 4.79 Å². The SMILES string of the molecule is Cc1ccccc1CC1(Br)C(=O)NC2=CC=CCC21. The summed E-state index contributed by atoms with van der Waals surface area (Å²) in [6, 6.07) is 8.26. The van der Waals surface area contributed by atoms with E-state index in [2.05, 4.69) is 46.4 Å². The maximum atomic E-state index is 12.4.